The fraction of sp³-hybridized carbons (Fsp3) is 0.184. The first kappa shape index (κ1) is 28.8. The monoisotopic (exact) mass is 554 g/mol. The number of carbonyl (C=O) groups is 1. The number of methoxy groups -OCH3 is 1. The molecule has 0 radical (unpaired) electrons. The zero-order valence-electron chi connectivity index (χ0n) is 24.1. The molecule has 0 aliphatic rings. The Morgan fingerprint density at radius 2 is 1.14 bits per heavy atom. The first-order valence-electron chi connectivity index (χ1n) is 14.6. The smallest absolute Gasteiger partial charge is 0.220 e. The number of hydrogen-bond acceptors (Lipinski definition) is 3. The van der Waals surface area contributed by atoms with Crippen LogP contribution in [0.1, 0.15) is 34.2 Å². The van der Waals surface area contributed by atoms with Crippen LogP contribution in [0.5, 0.6) is 5.75 Å². The van der Waals surface area contributed by atoms with Gasteiger partial charge in [0.2, 0.25) is 5.91 Å². The van der Waals surface area contributed by atoms with Gasteiger partial charge in [-0.3, -0.25) is 10.1 Å². The second kappa shape index (κ2) is 14.3. The van der Waals surface area contributed by atoms with Crippen LogP contribution in [-0.2, 0) is 23.2 Å². The lowest BCUT2D eigenvalue weighted by Crippen LogP contribution is -2.54. The molecule has 4 heteroatoms. The highest BCUT2D eigenvalue weighted by molar-refractivity contribution is 5.76. The van der Waals surface area contributed by atoms with Crippen LogP contribution in [0.3, 0.4) is 0 Å². The average molecular weight is 555 g/mol. The van der Waals surface area contributed by atoms with Gasteiger partial charge in [-0.15, -0.1) is 0 Å². The minimum Gasteiger partial charge on any atom is -0.496 e. The van der Waals surface area contributed by atoms with Crippen molar-refractivity contribution in [1.29, 1.82) is 0 Å². The number of ether oxygens (including phenoxy) is 1. The van der Waals surface area contributed by atoms with Crippen LogP contribution in [0.2, 0.25) is 0 Å². The second-order valence-electron chi connectivity index (χ2n) is 10.5. The fourth-order valence-corrected chi connectivity index (χ4v) is 5.68. The van der Waals surface area contributed by atoms with E-state index in [1.165, 1.54) is 5.56 Å². The number of amides is 1. The largest absolute Gasteiger partial charge is 0.496 e. The van der Waals surface area contributed by atoms with Gasteiger partial charge < -0.3 is 10.1 Å². The number of para-hydroxylation sites is 1. The minimum absolute atomic E-state index is 0.0190. The van der Waals surface area contributed by atoms with Gasteiger partial charge in [0.15, 0.2) is 0 Å². The molecule has 4 nitrogen and oxygen atoms in total. The molecule has 0 aromatic heterocycles. The van der Waals surface area contributed by atoms with E-state index in [1.807, 2.05) is 48.5 Å². The molecule has 1 amide bonds. The Hall–Kier alpha value is -4.67. The van der Waals surface area contributed by atoms with Gasteiger partial charge >= 0.3 is 0 Å². The Labute approximate surface area is 249 Å². The highest BCUT2D eigenvalue weighted by atomic mass is 16.5. The van der Waals surface area contributed by atoms with E-state index in [1.54, 1.807) is 7.11 Å². The normalized spacial score (nSPS) is 11.9. The molecule has 212 valence electrons. The van der Waals surface area contributed by atoms with Crippen LogP contribution in [0.4, 0.5) is 0 Å². The third-order valence-electron chi connectivity index (χ3n) is 7.73. The highest BCUT2D eigenvalue weighted by Gasteiger charge is 2.38. The molecule has 0 aliphatic heterocycles. The Bertz CT molecular complexity index is 1430. The average Bonchev–Trinajstić information content (AvgIpc) is 3.07. The molecular weight excluding hydrogens is 516 g/mol. The predicted octanol–water partition coefficient (Wildman–Crippen LogP) is 6.94. The molecule has 1 atom stereocenters. The van der Waals surface area contributed by atoms with Crippen molar-refractivity contribution in [3.05, 3.63) is 173 Å². The summed E-state index contributed by atoms with van der Waals surface area (Å²) in [7, 11) is 1.66. The summed E-state index contributed by atoms with van der Waals surface area (Å²) in [5.41, 5.74) is 5.03. The number of hydrogen-bond donors (Lipinski definition) is 2. The van der Waals surface area contributed by atoms with Gasteiger partial charge in [0.1, 0.15) is 5.75 Å². The van der Waals surface area contributed by atoms with Gasteiger partial charge in [-0.1, -0.05) is 140 Å². The fourth-order valence-electron chi connectivity index (χ4n) is 5.68. The maximum atomic E-state index is 13.2. The maximum Gasteiger partial charge on any atom is 0.220 e. The van der Waals surface area contributed by atoms with Crippen LogP contribution in [0, 0.1) is 0 Å². The quantitative estimate of drug-likeness (QED) is 0.155. The first-order valence-corrected chi connectivity index (χ1v) is 14.6. The maximum absolute atomic E-state index is 13.2. The zero-order chi connectivity index (χ0) is 29.0. The van der Waals surface area contributed by atoms with Gasteiger partial charge in [-0.05, 0) is 46.7 Å². The van der Waals surface area contributed by atoms with Crippen molar-refractivity contribution < 1.29 is 9.53 Å². The molecule has 42 heavy (non-hydrogen) atoms. The topological polar surface area (TPSA) is 50.4 Å². The van der Waals surface area contributed by atoms with Crippen LogP contribution in [-0.4, -0.2) is 25.6 Å². The van der Waals surface area contributed by atoms with Crippen molar-refractivity contribution in [2.24, 2.45) is 0 Å². The summed E-state index contributed by atoms with van der Waals surface area (Å²) >= 11 is 0. The van der Waals surface area contributed by atoms with Gasteiger partial charge in [0.05, 0.1) is 12.6 Å². The Kier molecular flexibility index (Phi) is 9.81. The molecule has 0 bridgehead atoms. The highest BCUT2D eigenvalue weighted by Crippen LogP contribution is 2.37. The van der Waals surface area contributed by atoms with Crippen molar-refractivity contribution >= 4 is 5.91 Å². The van der Waals surface area contributed by atoms with E-state index in [2.05, 4.69) is 108 Å². The minimum atomic E-state index is -0.634. The molecule has 5 rings (SSSR count). The van der Waals surface area contributed by atoms with E-state index in [9.17, 15) is 4.79 Å². The van der Waals surface area contributed by atoms with Crippen LogP contribution in [0.15, 0.2) is 146 Å². The first-order chi connectivity index (χ1) is 20.7. The van der Waals surface area contributed by atoms with E-state index in [0.29, 0.717) is 19.4 Å². The van der Waals surface area contributed by atoms with E-state index in [-0.39, 0.29) is 11.9 Å². The van der Waals surface area contributed by atoms with Crippen molar-refractivity contribution in [2.45, 2.75) is 30.8 Å². The third kappa shape index (κ3) is 6.96. The van der Waals surface area contributed by atoms with Gasteiger partial charge in [0, 0.05) is 19.0 Å². The molecule has 0 saturated heterocycles. The number of rotatable bonds is 13. The molecule has 0 saturated carbocycles. The van der Waals surface area contributed by atoms with Crippen molar-refractivity contribution in [2.75, 3.05) is 13.7 Å². The number of carbonyl (C=O) groups excluding carboxylic acids is 1. The summed E-state index contributed by atoms with van der Waals surface area (Å²) in [6.45, 7) is 0.480. The third-order valence-corrected chi connectivity index (χ3v) is 7.73. The van der Waals surface area contributed by atoms with Gasteiger partial charge in [-0.25, -0.2) is 0 Å². The Balaban J connectivity index is 1.46. The Morgan fingerprint density at radius 3 is 1.67 bits per heavy atom. The Morgan fingerprint density at radius 1 is 0.667 bits per heavy atom. The lowest BCUT2D eigenvalue weighted by Gasteiger charge is -2.40. The molecule has 2 N–H and O–H groups in total. The molecule has 5 aromatic rings. The van der Waals surface area contributed by atoms with E-state index in [0.717, 1.165) is 34.4 Å². The summed E-state index contributed by atoms with van der Waals surface area (Å²) in [5.74, 6) is 0.831. The van der Waals surface area contributed by atoms with Gasteiger partial charge in [-0.2, -0.15) is 0 Å². The summed E-state index contributed by atoms with van der Waals surface area (Å²) < 4.78 is 5.48. The standard InChI is InChI=1S/C38H38N2O2/c1-42-36-25-15-14-18-31(36)26-27-37(41)39-29-35(28-30-16-6-2-7-17-30)40-38(32-19-8-3-9-20-32,33-21-10-4-11-22-33)34-23-12-5-13-24-34/h2-25,35,40H,26-29H2,1H3,(H,39,41). The molecule has 5 aromatic carbocycles. The van der Waals surface area contributed by atoms with Crippen molar-refractivity contribution in [1.82, 2.24) is 10.6 Å². The summed E-state index contributed by atoms with van der Waals surface area (Å²) in [5, 5.41) is 7.32. The predicted molar refractivity (Wildman–Crippen MR) is 171 cm³/mol. The molecule has 0 spiro atoms. The summed E-state index contributed by atoms with van der Waals surface area (Å²) in [4.78, 5) is 13.2. The zero-order valence-corrected chi connectivity index (χ0v) is 24.1. The molecule has 1 unspecified atom stereocenters. The van der Waals surface area contributed by atoms with Gasteiger partial charge in [0.25, 0.3) is 0 Å². The molecule has 0 heterocycles. The number of nitrogens with one attached hydrogen (secondary N) is 2. The molecule has 0 fully saturated rings. The van der Waals surface area contributed by atoms with Crippen LogP contribution < -0.4 is 15.4 Å². The lowest BCUT2D eigenvalue weighted by atomic mass is 9.76. The molecule has 0 aliphatic carbocycles. The van der Waals surface area contributed by atoms with Crippen LogP contribution in [0.25, 0.3) is 0 Å². The van der Waals surface area contributed by atoms with Crippen molar-refractivity contribution in [3.63, 3.8) is 0 Å². The van der Waals surface area contributed by atoms with Crippen molar-refractivity contribution in [3.8, 4) is 5.75 Å². The van der Waals surface area contributed by atoms with Crippen LogP contribution >= 0.6 is 0 Å². The van der Waals surface area contributed by atoms with E-state index in [4.69, 9.17) is 4.74 Å². The number of benzene rings is 5. The SMILES string of the molecule is COc1ccccc1CCC(=O)NCC(Cc1ccccc1)NC(c1ccccc1)(c1ccccc1)c1ccccc1. The summed E-state index contributed by atoms with van der Waals surface area (Å²) in [6, 6.07) is 50.0. The van der Waals surface area contributed by atoms with E-state index >= 15 is 0 Å². The number of aryl methyl sites for hydroxylation is 1. The lowest BCUT2D eigenvalue weighted by molar-refractivity contribution is -0.121. The summed E-state index contributed by atoms with van der Waals surface area (Å²) in [6.07, 6.45) is 1.76. The second-order valence-corrected chi connectivity index (χ2v) is 10.5. The van der Waals surface area contributed by atoms with E-state index < -0.39 is 5.54 Å². The molecular formula is C38H38N2O2.